The fourth-order valence-corrected chi connectivity index (χ4v) is 2.12. The number of nitrogens with zero attached hydrogens (tertiary/aromatic N) is 1. The summed E-state index contributed by atoms with van der Waals surface area (Å²) in [6.07, 6.45) is -0.0700. The van der Waals surface area contributed by atoms with E-state index in [1.165, 1.54) is 0 Å². The molecule has 0 aliphatic heterocycles. The Morgan fingerprint density at radius 1 is 1.39 bits per heavy atom. The van der Waals surface area contributed by atoms with Gasteiger partial charge in [0.25, 0.3) is 0 Å². The summed E-state index contributed by atoms with van der Waals surface area (Å²) in [5.74, 6) is 0.582. The van der Waals surface area contributed by atoms with Crippen molar-refractivity contribution in [2.75, 3.05) is 20.2 Å². The van der Waals surface area contributed by atoms with E-state index in [0.29, 0.717) is 30.0 Å². The molecule has 1 atom stereocenters. The number of benzene rings is 1. The fraction of sp³-hybridized carbons (Fsp3) is 0.500. The molecule has 0 aromatic heterocycles. The number of aldehydes is 1. The summed E-state index contributed by atoms with van der Waals surface area (Å²) in [6, 6.07) is 3.54. The van der Waals surface area contributed by atoms with Gasteiger partial charge in [0.15, 0.2) is 6.29 Å². The summed E-state index contributed by atoms with van der Waals surface area (Å²) in [5.41, 5.74) is 1.93. The molecule has 0 fully saturated rings. The minimum Gasteiger partial charge on any atom is -0.496 e. The highest BCUT2D eigenvalue weighted by molar-refractivity contribution is 5.79. The lowest BCUT2D eigenvalue weighted by Gasteiger charge is -2.28. The zero-order valence-electron chi connectivity index (χ0n) is 11.4. The van der Waals surface area contributed by atoms with Crippen LogP contribution in [0.3, 0.4) is 0 Å². The van der Waals surface area contributed by atoms with Crippen LogP contribution in [0, 0.1) is 6.92 Å². The van der Waals surface area contributed by atoms with Crippen LogP contribution in [-0.2, 0) is 0 Å². The first kappa shape index (κ1) is 14.7. The van der Waals surface area contributed by atoms with Gasteiger partial charge in [-0.05, 0) is 25.6 Å². The highest BCUT2D eigenvalue weighted by atomic mass is 16.5. The maximum absolute atomic E-state index is 11.1. The Labute approximate surface area is 108 Å². The third kappa shape index (κ3) is 2.71. The van der Waals surface area contributed by atoms with Crippen molar-refractivity contribution in [3.63, 3.8) is 0 Å². The first-order chi connectivity index (χ1) is 8.60. The largest absolute Gasteiger partial charge is 0.496 e. The fourth-order valence-electron chi connectivity index (χ4n) is 2.12. The standard InChI is InChI=1S/C14H21NO3/c1-5-15(6-2)14(17)12-11(9-16)8-7-10(3)13(12)18-4/h7-9,14,17H,5-6H2,1-4H3. The van der Waals surface area contributed by atoms with Crippen LogP contribution in [0.15, 0.2) is 12.1 Å². The molecule has 0 amide bonds. The van der Waals surface area contributed by atoms with Gasteiger partial charge in [-0.3, -0.25) is 9.69 Å². The minimum atomic E-state index is -0.824. The number of ether oxygens (including phenoxy) is 1. The molecule has 1 aromatic rings. The third-order valence-electron chi connectivity index (χ3n) is 3.17. The monoisotopic (exact) mass is 251 g/mol. The zero-order chi connectivity index (χ0) is 13.7. The smallest absolute Gasteiger partial charge is 0.150 e. The maximum Gasteiger partial charge on any atom is 0.150 e. The van der Waals surface area contributed by atoms with E-state index >= 15 is 0 Å². The molecule has 4 nitrogen and oxygen atoms in total. The van der Waals surface area contributed by atoms with E-state index in [1.807, 2.05) is 31.7 Å². The van der Waals surface area contributed by atoms with E-state index in [9.17, 15) is 9.90 Å². The first-order valence-corrected chi connectivity index (χ1v) is 6.15. The molecule has 1 rings (SSSR count). The van der Waals surface area contributed by atoms with E-state index in [-0.39, 0.29) is 0 Å². The van der Waals surface area contributed by atoms with Crippen molar-refractivity contribution in [2.24, 2.45) is 0 Å². The molecule has 18 heavy (non-hydrogen) atoms. The Morgan fingerprint density at radius 2 is 2.00 bits per heavy atom. The molecule has 0 saturated heterocycles. The molecule has 1 aromatic carbocycles. The number of rotatable bonds is 6. The summed E-state index contributed by atoms with van der Waals surface area (Å²) >= 11 is 0. The van der Waals surface area contributed by atoms with Crippen LogP contribution in [-0.4, -0.2) is 36.5 Å². The Kier molecular flexibility index (Phi) is 5.31. The van der Waals surface area contributed by atoms with Crippen LogP contribution < -0.4 is 4.74 Å². The van der Waals surface area contributed by atoms with Crippen molar-refractivity contribution in [2.45, 2.75) is 27.0 Å². The summed E-state index contributed by atoms with van der Waals surface area (Å²) in [7, 11) is 1.55. The van der Waals surface area contributed by atoms with Crippen molar-refractivity contribution in [1.29, 1.82) is 0 Å². The molecule has 4 heteroatoms. The SMILES string of the molecule is CCN(CC)C(O)c1c(C=O)ccc(C)c1OC. The predicted molar refractivity (Wildman–Crippen MR) is 71.0 cm³/mol. The molecule has 0 heterocycles. The van der Waals surface area contributed by atoms with E-state index in [0.717, 1.165) is 11.8 Å². The average molecular weight is 251 g/mol. The highest BCUT2D eigenvalue weighted by Crippen LogP contribution is 2.33. The quantitative estimate of drug-likeness (QED) is 0.621. The normalized spacial score (nSPS) is 12.6. The van der Waals surface area contributed by atoms with Crippen molar-refractivity contribution in [3.05, 3.63) is 28.8 Å². The minimum absolute atomic E-state index is 0.469. The number of hydrogen-bond acceptors (Lipinski definition) is 4. The summed E-state index contributed by atoms with van der Waals surface area (Å²) in [5, 5.41) is 10.4. The number of aliphatic hydroxyl groups is 1. The molecule has 100 valence electrons. The Bertz CT molecular complexity index is 414. The molecular formula is C14H21NO3. The first-order valence-electron chi connectivity index (χ1n) is 6.15. The van der Waals surface area contributed by atoms with Gasteiger partial charge in [-0.1, -0.05) is 26.0 Å². The molecule has 0 bridgehead atoms. The van der Waals surface area contributed by atoms with Gasteiger partial charge in [0, 0.05) is 11.1 Å². The number of carbonyl (C=O) groups is 1. The number of aryl methyl sites for hydroxylation is 1. The van der Waals surface area contributed by atoms with Gasteiger partial charge in [0.05, 0.1) is 7.11 Å². The van der Waals surface area contributed by atoms with Gasteiger partial charge < -0.3 is 9.84 Å². The molecule has 1 N–H and O–H groups in total. The lowest BCUT2D eigenvalue weighted by atomic mass is 10.0. The zero-order valence-corrected chi connectivity index (χ0v) is 11.4. The molecule has 0 aliphatic carbocycles. The average Bonchev–Trinajstić information content (AvgIpc) is 2.39. The number of aliphatic hydroxyl groups excluding tert-OH is 1. The van der Waals surface area contributed by atoms with E-state index in [1.54, 1.807) is 13.2 Å². The maximum atomic E-state index is 11.1. The van der Waals surface area contributed by atoms with Gasteiger partial charge >= 0.3 is 0 Å². The van der Waals surface area contributed by atoms with Crippen LogP contribution in [0.5, 0.6) is 5.75 Å². The summed E-state index contributed by atoms with van der Waals surface area (Å²) in [6.45, 7) is 7.23. The van der Waals surface area contributed by atoms with Crippen LogP contribution in [0.4, 0.5) is 0 Å². The molecule has 0 saturated carbocycles. The lowest BCUT2D eigenvalue weighted by Crippen LogP contribution is -2.29. The van der Waals surface area contributed by atoms with E-state index < -0.39 is 6.23 Å². The molecular weight excluding hydrogens is 230 g/mol. The van der Waals surface area contributed by atoms with Crippen molar-refractivity contribution >= 4 is 6.29 Å². The summed E-state index contributed by atoms with van der Waals surface area (Å²) < 4.78 is 5.33. The molecule has 0 radical (unpaired) electrons. The van der Waals surface area contributed by atoms with E-state index in [4.69, 9.17) is 4.74 Å². The molecule has 0 aliphatic rings. The second-order valence-electron chi connectivity index (χ2n) is 4.13. The molecule has 0 spiro atoms. The number of methoxy groups -OCH3 is 1. The number of carbonyl (C=O) groups excluding carboxylic acids is 1. The van der Waals surface area contributed by atoms with E-state index in [2.05, 4.69) is 0 Å². The van der Waals surface area contributed by atoms with Crippen molar-refractivity contribution in [3.8, 4) is 5.75 Å². The Morgan fingerprint density at radius 3 is 2.44 bits per heavy atom. The Hall–Kier alpha value is -1.39. The Balaban J connectivity index is 3.35. The van der Waals surface area contributed by atoms with Gasteiger partial charge in [-0.15, -0.1) is 0 Å². The molecule has 1 unspecified atom stereocenters. The van der Waals surface area contributed by atoms with Crippen LogP contribution >= 0.6 is 0 Å². The summed E-state index contributed by atoms with van der Waals surface area (Å²) in [4.78, 5) is 13.0. The second kappa shape index (κ2) is 6.52. The third-order valence-corrected chi connectivity index (χ3v) is 3.17. The number of hydrogen-bond donors (Lipinski definition) is 1. The van der Waals surface area contributed by atoms with Gasteiger partial charge in [0.1, 0.15) is 12.0 Å². The van der Waals surface area contributed by atoms with Crippen LogP contribution in [0.25, 0.3) is 0 Å². The lowest BCUT2D eigenvalue weighted by molar-refractivity contribution is 0.00681. The highest BCUT2D eigenvalue weighted by Gasteiger charge is 2.23. The topological polar surface area (TPSA) is 49.8 Å². The van der Waals surface area contributed by atoms with Crippen LogP contribution in [0.1, 0.15) is 41.6 Å². The van der Waals surface area contributed by atoms with Gasteiger partial charge in [-0.2, -0.15) is 0 Å². The second-order valence-corrected chi connectivity index (χ2v) is 4.13. The van der Waals surface area contributed by atoms with Crippen molar-refractivity contribution < 1.29 is 14.6 Å². The van der Waals surface area contributed by atoms with Crippen molar-refractivity contribution in [1.82, 2.24) is 4.90 Å². The van der Waals surface area contributed by atoms with Gasteiger partial charge in [0.2, 0.25) is 0 Å². The predicted octanol–water partition coefficient (Wildman–Crippen LogP) is 2.15. The van der Waals surface area contributed by atoms with Crippen LogP contribution in [0.2, 0.25) is 0 Å². The van der Waals surface area contributed by atoms with Gasteiger partial charge in [-0.25, -0.2) is 0 Å².